The highest BCUT2D eigenvalue weighted by Gasteiger charge is 2.31. The van der Waals surface area contributed by atoms with E-state index in [-0.39, 0.29) is 6.04 Å². The lowest BCUT2D eigenvalue weighted by atomic mass is 10.00. The number of nitrogens with two attached hydrogens (primary N) is 1. The molecule has 1 heterocycles. The molecule has 1 aromatic rings. The zero-order valence-electron chi connectivity index (χ0n) is 11.6. The smallest absolute Gasteiger partial charge is 0.0703 e. The number of nitrogens with zero attached hydrogens (tertiary/aromatic N) is 1. The van der Waals surface area contributed by atoms with Gasteiger partial charge in [-0.1, -0.05) is 29.8 Å². The third-order valence-corrected chi connectivity index (χ3v) is 4.00. The zero-order chi connectivity index (χ0) is 13.1. The van der Waals surface area contributed by atoms with E-state index in [2.05, 4.69) is 50.1 Å². The molecule has 1 aromatic carbocycles. The van der Waals surface area contributed by atoms with Crippen LogP contribution >= 0.6 is 0 Å². The summed E-state index contributed by atoms with van der Waals surface area (Å²) in [6, 6.07) is 9.38. The van der Waals surface area contributed by atoms with Gasteiger partial charge in [0.1, 0.15) is 0 Å². The van der Waals surface area contributed by atoms with Gasteiger partial charge >= 0.3 is 0 Å². The molecule has 3 unspecified atom stereocenters. The molecule has 2 rings (SSSR count). The molecule has 1 saturated heterocycles. The molecule has 3 atom stereocenters. The number of benzene rings is 1. The van der Waals surface area contributed by atoms with Crippen LogP contribution in [0.2, 0.25) is 0 Å². The third-order valence-electron chi connectivity index (χ3n) is 4.00. The lowest BCUT2D eigenvalue weighted by molar-refractivity contribution is 0.0686. The number of aryl methyl sites for hydroxylation is 1. The Morgan fingerprint density at radius 2 is 2.28 bits per heavy atom. The molecule has 1 aliphatic rings. The predicted octanol–water partition coefficient (Wildman–Crippen LogP) is 2.10. The summed E-state index contributed by atoms with van der Waals surface area (Å²) in [6.07, 6.45) is 1.40. The topological polar surface area (TPSA) is 38.5 Å². The van der Waals surface area contributed by atoms with Gasteiger partial charge in [-0.2, -0.15) is 0 Å². The second-order valence-electron chi connectivity index (χ2n) is 5.26. The highest BCUT2D eigenvalue weighted by Crippen LogP contribution is 2.27. The molecule has 0 spiro atoms. The van der Waals surface area contributed by atoms with Gasteiger partial charge in [0, 0.05) is 25.2 Å². The summed E-state index contributed by atoms with van der Waals surface area (Å²) in [7, 11) is 2.16. The molecule has 1 fully saturated rings. The van der Waals surface area contributed by atoms with Gasteiger partial charge in [0.05, 0.1) is 6.10 Å². The molecule has 0 radical (unpaired) electrons. The van der Waals surface area contributed by atoms with Crippen molar-refractivity contribution in [3.8, 4) is 0 Å². The lowest BCUT2D eigenvalue weighted by Crippen LogP contribution is -2.42. The summed E-state index contributed by atoms with van der Waals surface area (Å²) in [5.41, 5.74) is 8.58. The standard InChI is InChI=1S/C15H24N2O/c1-11-5-4-6-13(9-11)15(10-16)17(3)14-7-8-18-12(14)2/h4-6,9,12,14-15H,7-8,10,16H2,1-3H3. The third kappa shape index (κ3) is 2.74. The van der Waals surface area contributed by atoms with Gasteiger partial charge in [0.25, 0.3) is 0 Å². The van der Waals surface area contributed by atoms with Gasteiger partial charge in [0.2, 0.25) is 0 Å². The van der Waals surface area contributed by atoms with Crippen molar-refractivity contribution in [3.05, 3.63) is 35.4 Å². The van der Waals surface area contributed by atoms with Crippen LogP contribution in [-0.4, -0.2) is 37.2 Å². The van der Waals surface area contributed by atoms with E-state index in [1.807, 2.05) is 0 Å². The van der Waals surface area contributed by atoms with Crippen molar-refractivity contribution in [1.82, 2.24) is 4.90 Å². The summed E-state index contributed by atoms with van der Waals surface area (Å²) in [4.78, 5) is 2.38. The summed E-state index contributed by atoms with van der Waals surface area (Å²) >= 11 is 0. The molecule has 2 N–H and O–H groups in total. The molecule has 3 heteroatoms. The Morgan fingerprint density at radius 1 is 1.50 bits per heavy atom. The predicted molar refractivity (Wildman–Crippen MR) is 74.6 cm³/mol. The van der Waals surface area contributed by atoms with Crippen molar-refractivity contribution in [2.45, 2.75) is 38.5 Å². The van der Waals surface area contributed by atoms with E-state index in [0.29, 0.717) is 18.7 Å². The first kappa shape index (κ1) is 13.5. The summed E-state index contributed by atoms with van der Waals surface area (Å²) < 4.78 is 5.66. The van der Waals surface area contributed by atoms with Gasteiger partial charge in [-0.25, -0.2) is 0 Å². The van der Waals surface area contributed by atoms with Crippen LogP contribution in [0.25, 0.3) is 0 Å². The maximum atomic E-state index is 5.99. The summed E-state index contributed by atoms with van der Waals surface area (Å²) in [5, 5.41) is 0. The van der Waals surface area contributed by atoms with Crippen molar-refractivity contribution >= 4 is 0 Å². The molecule has 0 saturated carbocycles. The summed E-state index contributed by atoms with van der Waals surface area (Å²) in [6.45, 7) is 5.78. The van der Waals surface area contributed by atoms with E-state index in [1.54, 1.807) is 0 Å². The second kappa shape index (κ2) is 5.83. The fourth-order valence-electron chi connectivity index (χ4n) is 2.90. The van der Waals surface area contributed by atoms with Crippen molar-refractivity contribution in [2.75, 3.05) is 20.2 Å². The molecule has 0 aliphatic carbocycles. The molecular weight excluding hydrogens is 224 g/mol. The molecule has 3 nitrogen and oxygen atoms in total. The minimum absolute atomic E-state index is 0.277. The van der Waals surface area contributed by atoms with E-state index < -0.39 is 0 Å². The van der Waals surface area contributed by atoms with E-state index >= 15 is 0 Å². The first-order chi connectivity index (χ1) is 8.63. The van der Waals surface area contributed by atoms with Crippen molar-refractivity contribution < 1.29 is 4.74 Å². The van der Waals surface area contributed by atoms with E-state index in [9.17, 15) is 0 Å². The monoisotopic (exact) mass is 248 g/mol. The fourth-order valence-corrected chi connectivity index (χ4v) is 2.90. The Morgan fingerprint density at radius 3 is 2.83 bits per heavy atom. The van der Waals surface area contributed by atoms with Gasteiger partial charge in [-0.3, -0.25) is 4.90 Å². The Bertz CT molecular complexity index is 394. The number of hydrogen-bond donors (Lipinski definition) is 1. The molecular formula is C15H24N2O. The second-order valence-corrected chi connectivity index (χ2v) is 5.26. The molecule has 0 amide bonds. The number of hydrogen-bond acceptors (Lipinski definition) is 3. The zero-order valence-corrected chi connectivity index (χ0v) is 11.6. The van der Waals surface area contributed by atoms with Gasteiger partial charge in [-0.15, -0.1) is 0 Å². The van der Waals surface area contributed by atoms with E-state index in [1.165, 1.54) is 11.1 Å². The molecule has 0 bridgehead atoms. The highest BCUT2D eigenvalue weighted by molar-refractivity contribution is 5.25. The van der Waals surface area contributed by atoms with Crippen LogP contribution in [0.1, 0.15) is 30.5 Å². The van der Waals surface area contributed by atoms with Crippen LogP contribution in [0.4, 0.5) is 0 Å². The number of ether oxygens (including phenoxy) is 1. The molecule has 1 aliphatic heterocycles. The molecule has 18 heavy (non-hydrogen) atoms. The Balaban J connectivity index is 2.17. The minimum Gasteiger partial charge on any atom is -0.377 e. The normalized spacial score (nSPS) is 25.6. The first-order valence-corrected chi connectivity index (χ1v) is 6.73. The van der Waals surface area contributed by atoms with E-state index in [0.717, 1.165) is 13.0 Å². The average Bonchev–Trinajstić information content (AvgIpc) is 2.76. The first-order valence-electron chi connectivity index (χ1n) is 6.73. The van der Waals surface area contributed by atoms with Crippen molar-refractivity contribution in [2.24, 2.45) is 5.73 Å². The molecule has 0 aromatic heterocycles. The maximum Gasteiger partial charge on any atom is 0.0703 e. The largest absolute Gasteiger partial charge is 0.377 e. The number of likely N-dealkylation sites (N-methyl/N-ethyl adjacent to an activating group) is 1. The quantitative estimate of drug-likeness (QED) is 0.887. The van der Waals surface area contributed by atoms with Crippen LogP contribution in [0.5, 0.6) is 0 Å². The number of rotatable bonds is 4. The van der Waals surface area contributed by atoms with Crippen molar-refractivity contribution in [1.29, 1.82) is 0 Å². The van der Waals surface area contributed by atoms with Crippen LogP contribution in [0.15, 0.2) is 24.3 Å². The Kier molecular flexibility index (Phi) is 4.38. The Hall–Kier alpha value is -0.900. The lowest BCUT2D eigenvalue weighted by Gasteiger charge is -2.34. The van der Waals surface area contributed by atoms with Crippen LogP contribution < -0.4 is 5.73 Å². The molecule has 100 valence electrons. The minimum atomic E-state index is 0.277. The van der Waals surface area contributed by atoms with Crippen LogP contribution in [0, 0.1) is 6.92 Å². The van der Waals surface area contributed by atoms with Crippen LogP contribution in [-0.2, 0) is 4.74 Å². The summed E-state index contributed by atoms with van der Waals surface area (Å²) in [5.74, 6) is 0. The SMILES string of the molecule is Cc1cccc(C(CN)N(C)C2CCOC2C)c1. The van der Waals surface area contributed by atoms with Gasteiger partial charge in [0.15, 0.2) is 0 Å². The van der Waals surface area contributed by atoms with E-state index in [4.69, 9.17) is 10.5 Å². The van der Waals surface area contributed by atoms with Crippen molar-refractivity contribution in [3.63, 3.8) is 0 Å². The average molecular weight is 248 g/mol. The maximum absolute atomic E-state index is 5.99. The fraction of sp³-hybridized carbons (Fsp3) is 0.600. The highest BCUT2D eigenvalue weighted by atomic mass is 16.5. The van der Waals surface area contributed by atoms with Gasteiger partial charge in [-0.05, 0) is 32.9 Å². The Labute approximate surface area is 110 Å². The van der Waals surface area contributed by atoms with Gasteiger partial charge < -0.3 is 10.5 Å². The van der Waals surface area contributed by atoms with Crippen LogP contribution in [0.3, 0.4) is 0 Å².